The van der Waals surface area contributed by atoms with Crippen molar-refractivity contribution in [2.24, 2.45) is 0 Å². The van der Waals surface area contributed by atoms with Crippen molar-refractivity contribution in [3.8, 4) is 11.8 Å². The molecule has 0 saturated carbocycles. The fourth-order valence-corrected chi connectivity index (χ4v) is 3.68. The van der Waals surface area contributed by atoms with Gasteiger partial charge in [-0.05, 0) is 42.0 Å². The van der Waals surface area contributed by atoms with Crippen molar-refractivity contribution < 1.29 is 9.13 Å². The Morgan fingerprint density at radius 1 is 0.966 bits per heavy atom. The molecule has 0 unspecified atom stereocenters. The van der Waals surface area contributed by atoms with Crippen molar-refractivity contribution in [2.75, 3.05) is 0 Å². The standard InChI is InChI=1S/C22H12Cl4FNO/c23-16-6-5-14(18(24)10-16)12-29-22-19(25)8-13(9-20(22)26)7-15(11-28)17-3-1-2-4-21(17)27/h1-10H,12H2/b15-7-. The van der Waals surface area contributed by atoms with Crippen LogP contribution in [0.5, 0.6) is 5.75 Å². The van der Waals surface area contributed by atoms with Crippen LogP contribution in [0.4, 0.5) is 4.39 Å². The van der Waals surface area contributed by atoms with Crippen LogP contribution in [-0.2, 0) is 6.61 Å². The minimum atomic E-state index is -0.489. The van der Waals surface area contributed by atoms with Crippen LogP contribution in [0.3, 0.4) is 0 Å². The van der Waals surface area contributed by atoms with E-state index in [0.717, 1.165) is 5.56 Å². The monoisotopic (exact) mass is 465 g/mol. The van der Waals surface area contributed by atoms with E-state index in [1.165, 1.54) is 18.2 Å². The Labute approximate surface area is 187 Å². The lowest BCUT2D eigenvalue weighted by Crippen LogP contribution is -1.98. The summed E-state index contributed by atoms with van der Waals surface area (Å²) in [6, 6.07) is 16.3. The lowest BCUT2D eigenvalue weighted by atomic mass is 10.0. The average Bonchev–Trinajstić information content (AvgIpc) is 2.67. The molecule has 146 valence electrons. The second kappa shape index (κ2) is 9.52. The molecule has 0 atom stereocenters. The van der Waals surface area contributed by atoms with Crippen LogP contribution in [0.25, 0.3) is 11.6 Å². The van der Waals surface area contributed by atoms with Gasteiger partial charge in [0.1, 0.15) is 12.4 Å². The first kappa shape index (κ1) is 21.5. The molecule has 3 aromatic rings. The summed E-state index contributed by atoms with van der Waals surface area (Å²) in [7, 11) is 0. The minimum absolute atomic E-state index is 0.142. The molecular formula is C22H12Cl4FNO. The molecule has 0 saturated heterocycles. The molecule has 0 amide bonds. The molecule has 0 spiro atoms. The maximum atomic E-state index is 14.0. The lowest BCUT2D eigenvalue weighted by molar-refractivity contribution is 0.306. The molecular weight excluding hydrogens is 455 g/mol. The number of nitrogens with zero attached hydrogens (tertiary/aromatic N) is 1. The van der Waals surface area contributed by atoms with Crippen LogP contribution in [-0.4, -0.2) is 0 Å². The molecule has 7 heteroatoms. The topological polar surface area (TPSA) is 33.0 Å². The summed E-state index contributed by atoms with van der Waals surface area (Å²) in [6.07, 6.45) is 1.51. The van der Waals surface area contributed by atoms with Crippen LogP contribution in [0.2, 0.25) is 20.1 Å². The number of benzene rings is 3. The van der Waals surface area contributed by atoms with Gasteiger partial charge in [0.05, 0.1) is 21.7 Å². The third-order valence-electron chi connectivity index (χ3n) is 4.00. The zero-order chi connectivity index (χ0) is 21.0. The molecule has 0 aromatic heterocycles. The summed E-state index contributed by atoms with van der Waals surface area (Å²) >= 11 is 24.7. The predicted octanol–water partition coefficient (Wildman–Crippen LogP) is 8.08. The zero-order valence-electron chi connectivity index (χ0n) is 14.7. The van der Waals surface area contributed by atoms with Crippen molar-refractivity contribution >= 4 is 58.1 Å². The van der Waals surface area contributed by atoms with Crippen LogP contribution in [0.15, 0.2) is 54.6 Å². The van der Waals surface area contributed by atoms with E-state index in [1.54, 1.807) is 42.5 Å². The molecule has 0 fully saturated rings. The van der Waals surface area contributed by atoms with Gasteiger partial charge in [0.25, 0.3) is 0 Å². The number of ether oxygens (including phenoxy) is 1. The first-order valence-electron chi connectivity index (χ1n) is 8.31. The van der Waals surface area contributed by atoms with E-state index in [4.69, 9.17) is 51.1 Å². The van der Waals surface area contributed by atoms with E-state index in [9.17, 15) is 9.65 Å². The highest BCUT2D eigenvalue weighted by Crippen LogP contribution is 2.36. The minimum Gasteiger partial charge on any atom is -0.486 e. The van der Waals surface area contributed by atoms with Gasteiger partial charge in [0, 0.05) is 21.2 Å². The van der Waals surface area contributed by atoms with E-state index in [2.05, 4.69) is 0 Å². The molecule has 29 heavy (non-hydrogen) atoms. The zero-order valence-corrected chi connectivity index (χ0v) is 17.7. The normalized spacial score (nSPS) is 11.2. The largest absolute Gasteiger partial charge is 0.486 e. The number of rotatable bonds is 5. The van der Waals surface area contributed by atoms with E-state index >= 15 is 0 Å². The van der Waals surface area contributed by atoms with Crippen molar-refractivity contribution in [3.05, 3.63) is 97.2 Å². The Morgan fingerprint density at radius 2 is 1.66 bits per heavy atom. The maximum Gasteiger partial charge on any atom is 0.157 e. The Hall–Kier alpha value is -2.22. The van der Waals surface area contributed by atoms with Gasteiger partial charge in [0.15, 0.2) is 5.75 Å². The Balaban J connectivity index is 1.87. The first-order chi connectivity index (χ1) is 13.9. The van der Waals surface area contributed by atoms with Gasteiger partial charge in [-0.2, -0.15) is 5.26 Å². The van der Waals surface area contributed by atoms with Crippen molar-refractivity contribution in [2.45, 2.75) is 6.61 Å². The Morgan fingerprint density at radius 3 is 2.28 bits per heavy atom. The number of hydrogen-bond donors (Lipinski definition) is 0. The lowest BCUT2D eigenvalue weighted by Gasteiger charge is -2.12. The predicted molar refractivity (Wildman–Crippen MR) is 117 cm³/mol. The molecule has 3 rings (SSSR count). The highest BCUT2D eigenvalue weighted by Gasteiger charge is 2.13. The molecule has 0 N–H and O–H groups in total. The summed E-state index contributed by atoms with van der Waals surface area (Å²) < 4.78 is 19.7. The van der Waals surface area contributed by atoms with Gasteiger partial charge in [-0.3, -0.25) is 0 Å². The maximum absolute atomic E-state index is 14.0. The molecule has 0 aliphatic carbocycles. The van der Waals surface area contributed by atoms with E-state index < -0.39 is 5.82 Å². The number of hydrogen-bond acceptors (Lipinski definition) is 2. The van der Waals surface area contributed by atoms with Crippen molar-refractivity contribution in [1.29, 1.82) is 5.26 Å². The van der Waals surface area contributed by atoms with Gasteiger partial charge in [-0.25, -0.2) is 4.39 Å². The van der Waals surface area contributed by atoms with Gasteiger partial charge < -0.3 is 4.74 Å². The number of allylic oxidation sites excluding steroid dienone is 1. The van der Waals surface area contributed by atoms with Crippen LogP contribution < -0.4 is 4.74 Å². The average molecular weight is 467 g/mol. The molecule has 0 radical (unpaired) electrons. The Kier molecular flexibility index (Phi) is 7.05. The third kappa shape index (κ3) is 5.23. The fourth-order valence-electron chi connectivity index (χ4n) is 2.61. The van der Waals surface area contributed by atoms with Crippen molar-refractivity contribution in [1.82, 2.24) is 0 Å². The highest BCUT2D eigenvalue weighted by molar-refractivity contribution is 6.37. The second-order valence-electron chi connectivity index (χ2n) is 5.99. The van der Waals surface area contributed by atoms with E-state index in [1.807, 2.05) is 6.07 Å². The quantitative estimate of drug-likeness (QED) is 0.281. The molecule has 2 nitrogen and oxygen atoms in total. The van der Waals surface area contributed by atoms with Crippen LogP contribution >= 0.6 is 46.4 Å². The summed E-state index contributed by atoms with van der Waals surface area (Å²) in [5.41, 5.74) is 1.60. The first-order valence-corrected chi connectivity index (χ1v) is 9.82. The van der Waals surface area contributed by atoms with Crippen LogP contribution in [0, 0.1) is 17.1 Å². The molecule has 3 aromatic carbocycles. The van der Waals surface area contributed by atoms with Crippen LogP contribution in [0.1, 0.15) is 16.7 Å². The number of nitriles is 1. The molecule has 0 aliphatic rings. The third-order valence-corrected chi connectivity index (χ3v) is 5.15. The Bertz CT molecular complexity index is 1110. The number of halogens is 5. The summed E-state index contributed by atoms with van der Waals surface area (Å²) in [5.74, 6) is -0.210. The fraction of sp³-hybridized carbons (Fsp3) is 0.0455. The molecule has 0 heterocycles. The highest BCUT2D eigenvalue weighted by atomic mass is 35.5. The summed E-state index contributed by atoms with van der Waals surface area (Å²) in [6.45, 7) is 0.142. The summed E-state index contributed by atoms with van der Waals surface area (Å²) in [4.78, 5) is 0. The van der Waals surface area contributed by atoms with Gasteiger partial charge in [-0.15, -0.1) is 0 Å². The van der Waals surface area contributed by atoms with Gasteiger partial charge in [-0.1, -0.05) is 70.7 Å². The van der Waals surface area contributed by atoms with E-state index in [0.29, 0.717) is 15.6 Å². The smallest absolute Gasteiger partial charge is 0.157 e. The molecule has 0 aliphatic heterocycles. The molecule has 0 bridgehead atoms. The SMILES string of the molecule is N#C/C(=C/c1cc(Cl)c(OCc2ccc(Cl)cc2Cl)c(Cl)c1)c1ccccc1F. The second-order valence-corrected chi connectivity index (χ2v) is 7.65. The van der Waals surface area contributed by atoms with Crippen molar-refractivity contribution in [3.63, 3.8) is 0 Å². The summed E-state index contributed by atoms with van der Waals surface area (Å²) in [5, 5.41) is 10.9. The van der Waals surface area contributed by atoms with E-state index in [-0.39, 0.29) is 33.5 Å². The van der Waals surface area contributed by atoms with Gasteiger partial charge >= 0.3 is 0 Å². The van der Waals surface area contributed by atoms with Gasteiger partial charge in [0.2, 0.25) is 0 Å².